The molecule has 124 valence electrons. The summed E-state index contributed by atoms with van der Waals surface area (Å²) in [5.41, 5.74) is 3.28. The third-order valence-electron chi connectivity index (χ3n) is 3.99. The van der Waals surface area contributed by atoms with E-state index in [1.54, 1.807) is 12.1 Å². The van der Waals surface area contributed by atoms with E-state index in [0.29, 0.717) is 0 Å². The summed E-state index contributed by atoms with van der Waals surface area (Å²) in [6, 6.07) is 23.1. The normalized spacial score (nSPS) is 10.9. The van der Waals surface area contributed by atoms with Gasteiger partial charge in [-0.3, -0.25) is 10.1 Å². The number of nitrogens with zero attached hydrogens (tertiary/aromatic N) is 2. The van der Waals surface area contributed by atoms with Gasteiger partial charge >= 0.3 is 0 Å². The second kappa shape index (κ2) is 8.02. The Hall–Kier alpha value is -3.27. The molecule has 0 radical (unpaired) electrons. The van der Waals surface area contributed by atoms with Crippen molar-refractivity contribution in [2.75, 3.05) is 0 Å². The van der Waals surface area contributed by atoms with Crippen LogP contribution >= 0.6 is 0 Å². The number of aryl methyl sites for hydroxylation is 2. The molecule has 2 aromatic carbocycles. The highest BCUT2D eigenvalue weighted by atomic mass is 16.6. The van der Waals surface area contributed by atoms with Crippen LogP contribution < -0.4 is 4.57 Å². The molecule has 0 saturated heterocycles. The standard InChI is InChI=1S/C21H19N2O2/c24-23(25)21-11-6-9-19(17-21)12-13-20-10-4-5-15-22(20)16-14-18-7-2-1-3-8-18/h1-13,15,17H,14,16H2/q+1/b13-12+. The molecule has 25 heavy (non-hydrogen) atoms. The van der Waals surface area contributed by atoms with E-state index in [9.17, 15) is 10.1 Å². The van der Waals surface area contributed by atoms with E-state index in [2.05, 4.69) is 22.9 Å². The number of hydrogen-bond acceptors (Lipinski definition) is 2. The van der Waals surface area contributed by atoms with Gasteiger partial charge in [-0.15, -0.1) is 0 Å². The molecule has 0 saturated carbocycles. The number of pyridine rings is 1. The first-order valence-electron chi connectivity index (χ1n) is 8.17. The van der Waals surface area contributed by atoms with E-state index >= 15 is 0 Å². The average molecular weight is 331 g/mol. The van der Waals surface area contributed by atoms with Gasteiger partial charge in [-0.1, -0.05) is 42.5 Å². The van der Waals surface area contributed by atoms with Crippen LogP contribution in [0.2, 0.25) is 0 Å². The van der Waals surface area contributed by atoms with Gasteiger partial charge in [0.15, 0.2) is 12.7 Å². The van der Waals surface area contributed by atoms with Crippen LogP contribution in [-0.4, -0.2) is 4.92 Å². The van der Waals surface area contributed by atoms with E-state index in [4.69, 9.17) is 0 Å². The lowest BCUT2D eigenvalue weighted by Gasteiger charge is -2.01. The second-order valence-electron chi connectivity index (χ2n) is 5.74. The van der Waals surface area contributed by atoms with Crippen molar-refractivity contribution in [1.29, 1.82) is 0 Å². The summed E-state index contributed by atoms with van der Waals surface area (Å²) < 4.78 is 2.18. The van der Waals surface area contributed by atoms with E-state index < -0.39 is 0 Å². The highest BCUT2D eigenvalue weighted by molar-refractivity contribution is 5.68. The van der Waals surface area contributed by atoms with Gasteiger partial charge in [-0.2, -0.15) is 4.57 Å². The number of rotatable bonds is 6. The molecule has 0 amide bonds. The largest absolute Gasteiger partial charge is 0.270 e. The van der Waals surface area contributed by atoms with Crippen LogP contribution in [0.15, 0.2) is 79.0 Å². The van der Waals surface area contributed by atoms with Crippen molar-refractivity contribution in [3.05, 3.63) is 106 Å². The van der Waals surface area contributed by atoms with E-state index in [-0.39, 0.29) is 10.6 Å². The summed E-state index contributed by atoms with van der Waals surface area (Å²) in [5.74, 6) is 0. The van der Waals surface area contributed by atoms with E-state index in [1.165, 1.54) is 11.6 Å². The minimum absolute atomic E-state index is 0.104. The molecule has 0 spiro atoms. The van der Waals surface area contributed by atoms with Crippen LogP contribution in [0.3, 0.4) is 0 Å². The molecule has 0 aliphatic rings. The zero-order chi connectivity index (χ0) is 17.5. The maximum absolute atomic E-state index is 10.9. The molecule has 1 aromatic heterocycles. The fraction of sp³-hybridized carbons (Fsp3) is 0.0952. The van der Waals surface area contributed by atoms with Crippen LogP contribution in [0.5, 0.6) is 0 Å². The summed E-state index contributed by atoms with van der Waals surface area (Å²) in [5, 5.41) is 10.9. The zero-order valence-electron chi connectivity index (χ0n) is 13.8. The summed E-state index contributed by atoms with van der Waals surface area (Å²) in [7, 11) is 0. The molecule has 4 nitrogen and oxygen atoms in total. The fourth-order valence-corrected chi connectivity index (χ4v) is 2.66. The average Bonchev–Trinajstić information content (AvgIpc) is 2.66. The summed E-state index contributed by atoms with van der Waals surface area (Å²) >= 11 is 0. The number of benzene rings is 2. The molecule has 1 heterocycles. The number of non-ortho nitro benzene ring substituents is 1. The molecule has 0 unspecified atom stereocenters. The lowest BCUT2D eigenvalue weighted by atomic mass is 10.1. The van der Waals surface area contributed by atoms with Crippen LogP contribution in [0.25, 0.3) is 12.2 Å². The molecule has 0 fully saturated rings. The van der Waals surface area contributed by atoms with Gasteiger partial charge in [-0.05, 0) is 23.3 Å². The van der Waals surface area contributed by atoms with Crippen molar-refractivity contribution in [1.82, 2.24) is 0 Å². The first-order valence-corrected chi connectivity index (χ1v) is 8.17. The third-order valence-corrected chi connectivity index (χ3v) is 3.99. The minimum atomic E-state index is -0.375. The Labute approximate surface area is 146 Å². The monoisotopic (exact) mass is 331 g/mol. The molecule has 0 N–H and O–H groups in total. The van der Waals surface area contributed by atoms with Gasteiger partial charge in [0.1, 0.15) is 0 Å². The quantitative estimate of drug-likeness (QED) is 0.384. The van der Waals surface area contributed by atoms with Crippen molar-refractivity contribution in [3.8, 4) is 0 Å². The van der Waals surface area contributed by atoms with Gasteiger partial charge in [-0.25, -0.2) is 0 Å². The zero-order valence-corrected chi connectivity index (χ0v) is 13.8. The Morgan fingerprint density at radius 1 is 0.920 bits per heavy atom. The van der Waals surface area contributed by atoms with Crippen LogP contribution in [0, 0.1) is 10.1 Å². The van der Waals surface area contributed by atoms with Gasteiger partial charge in [0.25, 0.3) is 5.69 Å². The fourth-order valence-electron chi connectivity index (χ4n) is 2.66. The van der Waals surface area contributed by atoms with Gasteiger partial charge < -0.3 is 0 Å². The molecule has 3 aromatic rings. The lowest BCUT2D eigenvalue weighted by molar-refractivity contribution is -0.698. The van der Waals surface area contributed by atoms with Crippen LogP contribution in [-0.2, 0) is 13.0 Å². The highest BCUT2D eigenvalue weighted by Crippen LogP contribution is 2.15. The van der Waals surface area contributed by atoms with Crippen molar-refractivity contribution >= 4 is 17.8 Å². The SMILES string of the molecule is O=[N+]([O-])c1cccc(/C=C/c2cccc[n+]2CCc2ccccc2)c1. The summed E-state index contributed by atoms with van der Waals surface area (Å²) in [4.78, 5) is 10.5. The molecule has 3 rings (SSSR count). The summed E-state index contributed by atoms with van der Waals surface area (Å²) in [6.45, 7) is 0.874. The van der Waals surface area contributed by atoms with Gasteiger partial charge in [0.05, 0.1) is 4.92 Å². The predicted molar refractivity (Wildman–Crippen MR) is 98.8 cm³/mol. The first-order chi connectivity index (χ1) is 12.2. The maximum atomic E-state index is 10.9. The van der Waals surface area contributed by atoms with Crippen molar-refractivity contribution in [2.24, 2.45) is 0 Å². The Kier molecular flexibility index (Phi) is 5.32. The molecule has 0 aliphatic carbocycles. The molecule has 0 atom stereocenters. The molecule has 0 bridgehead atoms. The molecule has 4 heteroatoms. The van der Waals surface area contributed by atoms with Crippen molar-refractivity contribution in [3.63, 3.8) is 0 Å². The van der Waals surface area contributed by atoms with Gasteiger partial charge in [0.2, 0.25) is 5.69 Å². The topological polar surface area (TPSA) is 47.0 Å². The number of nitro benzene ring substituents is 1. The Balaban J connectivity index is 1.76. The Bertz CT molecular complexity index is 889. The summed E-state index contributed by atoms with van der Waals surface area (Å²) in [6.07, 6.45) is 6.90. The van der Waals surface area contributed by atoms with Crippen molar-refractivity contribution < 1.29 is 9.49 Å². The van der Waals surface area contributed by atoms with E-state index in [1.807, 2.05) is 54.6 Å². The maximum Gasteiger partial charge on any atom is 0.270 e. The Morgan fingerprint density at radius 2 is 1.72 bits per heavy atom. The molecular weight excluding hydrogens is 312 g/mol. The van der Waals surface area contributed by atoms with Gasteiger partial charge in [0, 0.05) is 36.8 Å². The molecular formula is C21H19N2O2+. The number of hydrogen-bond donors (Lipinski definition) is 0. The third kappa shape index (κ3) is 4.61. The minimum Gasteiger partial charge on any atom is -0.258 e. The number of nitro groups is 1. The Morgan fingerprint density at radius 3 is 2.52 bits per heavy atom. The lowest BCUT2D eigenvalue weighted by Crippen LogP contribution is -2.37. The second-order valence-corrected chi connectivity index (χ2v) is 5.74. The number of aromatic nitrogens is 1. The van der Waals surface area contributed by atoms with Crippen molar-refractivity contribution in [2.45, 2.75) is 13.0 Å². The van der Waals surface area contributed by atoms with Crippen LogP contribution in [0.1, 0.15) is 16.8 Å². The first kappa shape index (κ1) is 16.6. The van der Waals surface area contributed by atoms with E-state index in [0.717, 1.165) is 24.2 Å². The van der Waals surface area contributed by atoms with Crippen LogP contribution in [0.4, 0.5) is 5.69 Å². The highest BCUT2D eigenvalue weighted by Gasteiger charge is 2.08. The molecule has 0 aliphatic heterocycles. The predicted octanol–water partition coefficient (Wildman–Crippen LogP) is 4.30. The smallest absolute Gasteiger partial charge is 0.258 e.